The number of anilines is 2. The first kappa shape index (κ1) is 47.4. The van der Waals surface area contributed by atoms with Crippen LogP contribution in [-0.2, 0) is 0 Å². The Bertz CT molecular complexity index is 1610. The van der Waals surface area contributed by atoms with E-state index in [1.54, 1.807) is 31.2 Å². The molecule has 0 bridgehead atoms. The molecule has 0 radical (unpaired) electrons. The normalized spacial score (nSPS) is 16.9. The largest absolute Gasteiger partial charge is 0.437 e. The van der Waals surface area contributed by atoms with Crippen molar-refractivity contribution in [3.63, 3.8) is 0 Å². The van der Waals surface area contributed by atoms with E-state index in [9.17, 15) is 35.4 Å². The van der Waals surface area contributed by atoms with Crippen molar-refractivity contribution in [2.24, 2.45) is 0 Å². The Morgan fingerprint density at radius 1 is 0.517 bits per heavy atom. The lowest BCUT2D eigenvalue weighted by molar-refractivity contribution is -0.389. The van der Waals surface area contributed by atoms with E-state index in [1.807, 2.05) is 18.6 Å². The summed E-state index contributed by atoms with van der Waals surface area (Å²) in [5.41, 5.74) is 2.75. The molecule has 4 aliphatic heterocycles. The van der Waals surface area contributed by atoms with Crippen molar-refractivity contribution in [2.45, 2.75) is 20.6 Å². The van der Waals surface area contributed by atoms with Crippen molar-refractivity contribution in [3.05, 3.63) is 90.9 Å². The lowest BCUT2D eigenvalue weighted by Gasteiger charge is -2.36. The first-order valence-corrected chi connectivity index (χ1v) is 19.3. The molecule has 4 aliphatic rings. The molecule has 58 heavy (non-hydrogen) atoms. The summed E-state index contributed by atoms with van der Waals surface area (Å²) in [7, 11) is -0.700. The van der Waals surface area contributed by atoms with Gasteiger partial charge in [-0.15, -0.1) is 0 Å². The third kappa shape index (κ3) is 17.7. The third-order valence-electron chi connectivity index (χ3n) is 9.25. The van der Waals surface area contributed by atoms with Crippen LogP contribution < -0.4 is 31.1 Å². The maximum absolute atomic E-state index is 10.5. The summed E-state index contributed by atoms with van der Waals surface area (Å²) in [6, 6.07) is 9.35. The van der Waals surface area contributed by atoms with Gasteiger partial charge < -0.3 is 81.1 Å². The molecule has 0 aliphatic carbocycles. The Labute approximate surface area is 339 Å². The molecule has 316 valence electrons. The number of aromatic nitrogens is 3. The minimum atomic E-state index is -0.514. The molecular formula is C34H56B2N14O8. The summed E-state index contributed by atoms with van der Waals surface area (Å²) in [4.78, 5) is 48.9. The van der Waals surface area contributed by atoms with Gasteiger partial charge in [0.05, 0.1) is 11.4 Å². The van der Waals surface area contributed by atoms with Crippen molar-refractivity contribution < 1.29 is 24.8 Å². The van der Waals surface area contributed by atoms with E-state index in [0.29, 0.717) is 0 Å². The van der Waals surface area contributed by atoms with Crippen LogP contribution in [0.4, 0.5) is 28.8 Å². The smallest absolute Gasteiger partial charge is 0.376 e. The second-order valence-corrected chi connectivity index (χ2v) is 13.5. The summed E-state index contributed by atoms with van der Waals surface area (Å²) in [6.07, 6.45) is 4.55. The number of hydrogen-bond acceptors (Lipinski definition) is 19. The minimum absolute atomic E-state index is 0.103. The zero-order valence-electron chi connectivity index (χ0n) is 33.5. The van der Waals surface area contributed by atoms with Gasteiger partial charge in [0.1, 0.15) is 6.20 Å². The highest BCUT2D eigenvalue weighted by molar-refractivity contribution is 6.45. The van der Waals surface area contributed by atoms with Crippen molar-refractivity contribution in [1.29, 1.82) is 0 Å². The molecule has 4 saturated heterocycles. The van der Waals surface area contributed by atoms with E-state index in [2.05, 4.69) is 50.8 Å². The molecule has 7 rings (SSSR count). The van der Waals surface area contributed by atoms with Gasteiger partial charge in [-0.1, -0.05) is 0 Å². The van der Waals surface area contributed by atoms with Gasteiger partial charge in [0.25, 0.3) is 0 Å². The molecule has 0 aromatic carbocycles. The van der Waals surface area contributed by atoms with E-state index in [1.165, 1.54) is 30.6 Å². The van der Waals surface area contributed by atoms with Gasteiger partial charge in [-0.25, -0.2) is 0 Å². The highest BCUT2D eigenvalue weighted by Crippen LogP contribution is 2.19. The molecule has 0 atom stereocenters. The summed E-state index contributed by atoms with van der Waals surface area (Å²) in [6.45, 7) is 20.7. The molecule has 24 heteroatoms. The molecule has 3 aromatic rings. The van der Waals surface area contributed by atoms with Gasteiger partial charge in [-0.05, 0) is 74.1 Å². The van der Waals surface area contributed by atoms with Gasteiger partial charge in [0, 0.05) is 123 Å². The molecule has 4 fully saturated rings. The Morgan fingerprint density at radius 2 is 0.862 bits per heavy atom. The van der Waals surface area contributed by atoms with E-state index < -0.39 is 21.8 Å². The van der Waals surface area contributed by atoms with Gasteiger partial charge in [-0.2, -0.15) is 0 Å². The number of hydrogen-bond donors (Lipinski definition) is 6. The molecular weight excluding hydrogens is 754 g/mol. The lowest BCUT2D eigenvalue weighted by Crippen LogP contribution is -2.51. The monoisotopic (exact) mass is 810 g/mol. The molecule has 7 heterocycles. The van der Waals surface area contributed by atoms with Crippen LogP contribution >= 0.6 is 0 Å². The predicted molar refractivity (Wildman–Crippen MR) is 224 cm³/mol. The van der Waals surface area contributed by atoms with Crippen LogP contribution in [0.2, 0.25) is 13.6 Å². The van der Waals surface area contributed by atoms with Crippen molar-refractivity contribution >= 4 is 42.9 Å². The third-order valence-corrected chi connectivity index (χ3v) is 9.25. The maximum atomic E-state index is 10.5. The van der Waals surface area contributed by atoms with Crippen LogP contribution in [0.3, 0.4) is 0 Å². The Morgan fingerprint density at radius 3 is 1.17 bits per heavy atom. The number of rotatable bonds is 7. The Balaban J connectivity index is 0.000000203. The summed E-state index contributed by atoms with van der Waals surface area (Å²) < 4.78 is 0. The SMILES string of the molecule is C1CNCCN1.CB(O)N1CCN(c2ccc([N+](=O)[O-])nc2)CC1.CB(O)N1CCNCC1.Cc1ccc([N+](=O)[O-])nc1.O=[N+]([O-])c1ccc(N2CCNCC2)cn1. The quantitative estimate of drug-likeness (QED) is 0.105. The van der Waals surface area contributed by atoms with Gasteiger partial charge in [-0.3, -0.25) is 0 Å². The average molecular weight is 811 g/mol. The predicted octanol–water partition coefficient (Wildman–Crippen LogP) is 0.101. The minimum Gasteiger partial charge on any atom is -0.437 e. The molecule has 6 N–H and O–H groups in total. The summed E-state index contributed by atoms with van der Waals surface area (Å²) in [5, 5.41) is 62.4. The molecule has 3 aromatic heterocycles. The Hall–Kier alpha value is -4.94. The fourth-order valence-corrected chi connectivity index (χ4v) is 5.85. The molecule has 0 amide bonds. The summed E-state index contributed by atoms with van der Waals surface area (Å²) in [5.74, 6) is -0.346. The van der Waals surface area contributed by atoms with E-state index in [-0.39, 0.29) is 24.5 Å². The van der Waals surface area contributed by atoms with E-state index in [0.717, 1.165) is 122 Å². The van der Waals surface area contributed by atoms with Gasteiger partial charge in [0.2, 0.25) is 0 Å². The van der Waals surface area contributed by atoms with Crippen molar-refractivity contribution in [1.82, 2.24) is 45.8 Å². The standard InChI is InChI=1S/C10H15BN4O3.C9H12N4O2.C6H6N2O2.C5H13BN2O.C4H10N2/c1-11(16)14-6-4-13(5-7-14)9-2-3-10(12-8-9)15(17)18;14-13(15)9-2-1-8(7-11-9)12-5-3-10-4-6-12;1-5-2-3-6(7-4-5)8(9)10;1-6(9)8-4-2-7-3-5-8;1-2-6-4-3-5-1/h2-3,8,16H,4-7H2,1H3;1-2,7,10H,3-6H2;2-4H,1H3;7,9H,2-5H2,1H3;5-6H,1-4H2. The first-order chi connectivity index (χ1) is 27.8. The van der Waals surface area contributed by atoms with E-state index in [4.69, 9.17) is 5.02 Å². The first-order valence-electron chi connectivity index (χ1n) is 19.3. The molecule has 0 unspecified atom stereocenters. The second-order valence-electron chi connectivity index (χ2n) is 13.5. The highest BCUT2D eigenvalue weighted by atomic mass is 16.6. The number of piperazine rings is 4. The highest BCUT2D eigenvalue weighted by Gasteiger charge is 2.23. The maximum Gasteiger partial charge on any atom is 0.376 e. The topological polar surface area (TPSA) is 270 Å². The van der Waals surface area contributed by atoms with Crippen molar-refractivity contribution in [2.75, 3.05) is 115 Å². The van der Waals surface area contributed by atoms with Crippen molar-refractivity contribution in [3.8, 4) is 0 Å². The van der Waals surface area contributed by atoms with Gasteiger partial charge >= 0.3 is 31.6 Å². The Kier molecular flexibility index (Phi) is 21.4. The second kappa shape index (κ2) is 26.1. The van der Waals surface area contributed by atoms with Gasteiger partial charge in [0.15, 0.2) is 12.4 Å². The number of nitrogens with zero attached hydrogens (tertiary/aromatic N) is 10. The zero-order valence-corrected chi connectivity index (χ0v) is 33.5. The van der Waals surface area contributed by atoms with E-state index >= 15 is 0 Å². The zero-order chi connectivity index (χ0) is 42.3. The lowest BCUT2D eigenvalue weighted by atomic mass is 9.84. The van der Waals surface area contributed by atoms with Crippen LogP contribution in [0.5, 0.6) is 0 Å². The fraction of sp³-hybridized carbons (Fsp3) is 0.559. The molecule has 0 saturated carbocycles. The average Bonchev–Trinajstić information content (AvgIpc) is 3.26. The molecule has 22 nitrogen and oxygen atoms in total. The fourth-order valence-electron chi connectivity index (χ4n) is 5.85. The molecule has 0 spiro atoms. The van der Waals surface area contributed by atoms with Crippen LogP contribution in [-0.4, -0.2) is 168 Å². The van der Waals surface area contributed by atoms with Crippen LogP contribution in [0.25, 0.3) is 0 Å². The van der Waals surface area contributed by atoms with Crippen LogP contribution in [0, 0.1) is 37.3 Å². The van der Waals surface area contributed by atoms with Crippen LogP contribution in [0.15, 0.2) is 55.0 Å². The summed E-state index contributed by atoms with van der Waals surface area (Å²) >= 11 is 0. The van der Waals surface area contributed by atoms with Crippen LogP contribution in [0.1, 0.15) is 5.56 Å². The number of aryl methyl sites for hydroxylation is 1. The number of nitrogens with one attached hydrogen (secondary N) is 4. The number of pyridine rings is 3. The number of nitro groups is 3.